The third-order valence-corrected chi connectivity index (χ3v) is 3.15. The van der Waals surface area contributed by atoms with Gasteiger partial charge in [0.1, 0.15) is 0 Å². The first kappa shape index (κ1) is 14.4. The quantitative estimate of drug-likeness (QED) is 0.562. The van der Waals surface area contributed by atoms with E-state index in [1.807, 2.05) is 17.5 Å². The second-order valence-corrected chi connectivity index (χ2v) is 4.82. The summed E-state index contributed by atoms with van der Waals surface area (Å²) in [6.45, 7) is 0.591. The highest BCUT2D eigenvalue weighted by Crippen LogP contribution is 2.09. The van der Waals surface area contributed by atoms with E-state index in [4.69, 9.17) is 5.11 Å². The maximum Gasteiger partial charge on any atom is 0.303 e. The molecular formula is C13H17NO3S. The van der Waals surface area contributed by atoms with Crippen molar-refractivity contribution in [2.45, 2.75) is 25.7 Å². The Morgan fingerprint density at radius 2 is 2.17 bits per heavy atom. The average molecular weight is 267 g/mol. The second-order valence-electron chi connectivity index (χ2n) is 3.84. The van der Waals surface area contributed by atoms with Crippen molar-refractivity contribution in [2.24, 2.45) is 0 Å². The molecule has 0 saturated carbocycles. The van der Waals surface area contributed by atoms with Gasteiger partial charge in [0.05, 0.1) is 0 Å². The average Bonchev–Trinajstić information content (AvgIpc) is 2.83. The highest BCUT2D eigenvalue weighted by atomic mass is 32.1. The minimum absolute atomic E-state index is 0.110. The smallest absolute Gasteiger partial charge is 0.303 e. The van der Waals surface area contributed by atoms with Crippen LogP contribution in [0, 0.1) is 0 Å². The minimum atomic E-state index is -0.766. The van der Waals surface area contributed by atoms with Crippen molar-refractivity contribution >= 4 is 29.3 Å². The lowest BCUT2D eigenvalue weighted by Gasteiger charge is -2.01. The molecule has 4 nitrogen and oxygen atoms in total. The molecule has 1 amide bonds. The monoisotopic (exact) mass is 267 g/mol. The van der Waals surface area contributed by atoms with Gasteiger partial charge >= 0.3 is 5.97 Å². The summed E-state index contributed by atoms with van der Waals surface area (Å²) in [5.74, 6) is -0.875. The van der Waals surface area contributed by atoms with Gasteiger partial charge in [-0.25, -0.2) is 0 Å². The number of thiophene rings is 1. The van der Waals surface area contributed by atoms with Crippen LogP contribution in [0.25, 0.3) is 6.08 Å². The Kier molecular flexibility index (Phi) is 6.79. The second kappa shape index (κ2) is 8.47. The summed E-state index contributed by atoms with van der Waals surface area (Å²) in [5, 5.41) is 13.2. The van der Waals surface area contributed by atoms with Crippen LogP contribution in [0.2, 0.25) is 0 Å². The van der Waals surface area contributed by atoms with Gasteiger partial charge in [0, 0.05) is 23.9 Å². The Bertz CT molecular complexity index is 398. The summed E-state index contributed by atoms with van der Waals surface area (Å²) in [7, 11) is 0. The molecule has 0 aromatic carbocycles. The van der Waals surface area contributed by atoms with E-state index < -0.39 is 5.97 Å². The number of hydrogen-bond acceptors (Lipinski definition) is 3. The van der Waals surface area contributed by atoms with Gasteiger partial charge in [0.15, 0.2) is 0 Å². The lowest BCUT2D eigenvalue weighted by Crippen LogP contribution is -2.21. The van der Waals surface area contributed by atoms with Crippen LogP contribution in [0.5, 0.6) is 0 Å². The molecule has 0 fully saturated rings. The van der Waals surface area contributed by atoms with E-state index in [2.05, 4.69) is 5.32 Å². The van der Waals surface area contributed by atoms with E-state index in [-0.39, 0.29) is 12.3 Å². The van der Waals surface area contributed by atoms with Crippen LogP contribution in [-0.2, 0) is 9.59 Å². The number of carbonyl (C=O) groups is 2. The molecule has 0 atom stereocenters. The third kappa shape index (κ3) is 6.85. The highest BCUT2D eigenvalue weighted by molar-refractivity contribution is 7.10. The number of rotatable bonds is 8. The van der Waals surface area contributed by atoms with E-state index in [9.17, 15) is 9.59 Å². The molecule has 98 valence electrons. The summed E-state index contributed by atoms with van der Waals surface area (Å²) >= 11 is 1.58. The first-order chi connectivity index (χ1) is 8.68. The number of carbonyl (C=O) groups excluding carboxylic acids is 1. The number of nitrogens with one attached hydrogen (secondary N) is 1. The van der Waals surface area contributed by atoms with Crippen LogP contribution in [0.15, 0.2) is 23.6 Å². The summed E-state index contributed by atoms with van der Waals surface area (Å²) in [5.41, 5.74) is 0. The Morgan fingerprint density at radius 1 is 1.33 bits per heavy atom. The molecular weight excluding hydrogens is 250 g/mol. The first-order valence-corrected chi connectivity index (χ1v) is 6.77. The van der Waals surface area contributed by atoms with Crippen molar-refractivity contribution < 1.29 is 14.7 Å². The summed E-state index contributed by atoms with van der Waals surface area (Å²) < 4.78 is 0. The van der Waals surface area contributed by atoms with Crippen molar-refractivity contribution in [1.29, 1.82) is 0 Å². The predicted molar refractivity (Wildman–Crippen MR) is 72.5 cm³/mol. The van der Waals surface area contributed by atoms with Gasteiger partial charge in [0.2, 0.25) is 5.91 Å². The molecule has 0 aliphatic rings. The van der Waals surface area contributed by atoms with Crippen molar-refractivity contribution in [1.82, 2.24) is 5.32 Å². The number of amides is 1. The van der Waals surface area contributed by atoms with E-state index in [0.717, 1.165) is 17.7 Å². The van der Waals surface area contributed by atoms with Gasteiger partial charge in [-0.1, -0.05) is 12.5 Å². The van der Waals surface area contributed by atoms with Crippen LogP contribution in [0.3, 0.4) is 0 Å². The molecule has 0 aliphatic heterocycles. The summed E-state index contributed by atoms with van der Waals surface area (Å²) in [6.07, 6.45) is 5.79. The molecule has 1 aromatic heterocycles. The molecule has 0 radical (unpaired) electrons. The molecule has 1 aromatic rings. The van der Waals surface area contributed by atoms with Gasteiger partial charge < -0.3 is 10.4 Å². The van der Waals surface area contributed by atoms with Gasteiger partial charge in [-0.2, -0.15) is 0 Å². The maximum atomic E-state index is 11.4. The molecule has 0 spiro atoms. The molecule has 1 rings (SSSR count). The van der Waals surface area contributed by atoms with Crippen molar-refractivity contribution in [3.63, 3.8) is 0 Å². The highest BCUT2D eigenvalue weighted by Gasteiger charge is 1.98. The van der Waals surface area contributed by atoms with Crippen LogP contribution >= 0.6 is 11.3 Å². The van der Waals surface area contributed by atoms with Crippen LogP contribution < -0.4 is 5.32 Å². The zero-order chi connectivity index (χ0) is 13.2. The molecule has 5 heteroatoms. The lowest BCUT2D eigenvalue weighted by molar-refractivity contribution is -0.137. The van der Waals surface area contributed by atoms with Crippen molar-refractivity contribution in [3.05, 3.63) is 28.5 Å². The minimum Gasteiger partial charge on any atom is -0.481 e. The van der Waals surface area contributed by atoms with E-state index >= 15 is 0 Å². The Morgan fingerprint density at radius 3 is 2.83 bits per heavy atom. The topological polar surface area (TPSA) is 66.4 Å². The fraction of sp³-hybridized carbons (Fsp3) is 0.385. The third-order valence-electron chi connectivity index (χ3n) is 2.31. The van der Waals surface area contributed by atoms with Crippen LogP contribution in [0.4, 0.5) is 0 Å². The standard InChI is InChI=1S/C13H17NO3S/c15-12(8-7-11-5-4-10-18-11)14-9-3-1-2-6-13(16)17/h4-5,7-8,10H,1-3,6,9H2,(H,14,15)(H,16,17)/b8-7+. The Balaban J connectivity index is 2.05. The molecule has 2 N–H and O–H groups in total. The van der Waals surface area contributed by atoms with Gasteiger partial charge in [0.25, 0.3) is 0 Å². The number of hydrogen-bond donors (Lipinski definition) is 2. The largest absolute Gasteiger partial charge is 0.481 e. The number of carboxylic acids is 1. The number of carboxylic acid groups (broad SMARTS) is 1. The summed E-state index contributed by atoms with van der Waals surface area (Å²) in [6, 6.07) is 3.88. The van der Waals surface area contributed by atoms with Crippen molar-refractivity contribution in [3.8, 4) is 0 Å². The first-order valence-electron chi connectivity index (χ1n) is 5.89. The molecule has 18 heavy (non-hydrogen) atoms. The Labute approximate surface area is 110 Å². The Hall–Kier alpha value is -1.62. The van der Waals surface area contributed by atoms with Crippen LogP contribution in [0.1, 0.15) is 30.6 Å². The van der Waals surface area contributed by atoms with E-state index in [1.54, 1.807) is 17.4 Å². The van der Waals surface area contributed by atoms with Gasteiger partial charge in [-0.3, -0.25) is 9.59 Å². The van der Waals surface area contributed by atoms with Gasteiger partial charge in [-0.15, -0.1) is 11.3 Å². The fourth-order valence-electron chi connectivity index (χ4n) is 1.39. The SMILES string of the molecule is O=C(O)CCCCCNC(=O)/C=C/c1cccs1. The van der Waals surface area contributed by atoms with Gasteiger partial charge in [-0.05, 0) is 30.4 Å². The lowest BCUT2D eigenvalue weighted by atomic mass is 10.2. The number of aliphatic carboxylic acids is 1. The number of unbranched alkanes of at least 4 members (excludes halogenated alkanes) is 2. The normalized spacial score (nSPS) is 10.7. The van der Waals surface area contributed by atoms with E-state index in [0.29, 0.717) is 13.0 Å². The molecule has 0 unspecified atom stereocenters. The molecule has 0 saturated heterocycles. The van der Waals surface area contributed by atoms with E-state index in [1.165, 1.54) is 6.08 Å². The molecule has 1 heterocycles. The zero-order valence-electron chi connectivity index (χ0n) is 10.1. The predicted octanol–water partition coefficient (Wildman–Crippen LogP) is 2.52. The summed E-state index contributed by atoms with van der Waals surface area (Å²) in [4.78, 5) is 22.7. The zero-order valence-corrected chi connectivity index (χ0v) is 10.9. The van der Waals surface area contributed by atoms with Crippen molar-refractivity contribution in [2.75, 3.05) is 6.54 Å². The van der Waals surface area contributed by atoms with Crippen LogP contribution in [-0.4, -0.2) is 23.5 Å². The molecule has 0 bridgehead atoms. The maximum absolute atomic E-state index is 11.4. The molecule has 0 aliphatic carbocycles. The fourth-order valence-corrected chi connectivity index (χ4v) is 2.01.